The number of hydrogen-bond donors (Lipinski definition) is 0. The first-order valence-corrected chi connectivity index (χ1v) is 12.1. The Morgan fingerprint density at radius 3 is 2.27 bits per heavy atom. The first-order valence-electron chi connectivity index (χ1n) is 10.3. The number of hydrogen-bond acceptors (Lipinski definition) is 4. The summed E-state index contributed by atoms with van der Waals surface area (Å²) in [5.41, 5.74) is 1.26. The van der Waals surface area contributed by atoms with Crippen LogP contribution >= 0.6 is 11.6 Å². The van der Waals surface area contributed by atoms with Gasteiger partial charge in [-0.15, -0.1) is 0 Å². The van der Waals surface area contributed by atoms with Crippen LogP contribution in [0.25, 0.3) is 0 Å². The molecule has 0 saturated carbocycles. The van der Waals surface area contributed by atoms with Gasteiger partial charge in [0.25, 0.3) is 0 Å². The highest BCUT2D eigenvalue weighted by Crippen LogP contribution is 2.28. The van der Waals surface area contributed by atoms with E-state index < -0.39 is 16.1 Å². The molecule has 160 valence electrons. The number of rotatable bonds is 5. The molecule has 0 unspecified atom stereocenters. The van der Waals surface area contributed by atoms with Crippen molar-refractivity contribution in [1.29, 1.82) is 0 Å². The molecule has 2 saturated heterocycles. The molecule has 2 aromatic rings. The number of piperazine rings is 1. The van der Waals surface area contributed by atoms with E-state index in [1.54, 1.807) is 12.1 Å². The van der Waals surface area contributed by atoms with Crippen molar-refractivity contribution in [2.24, 2.45) is 0 Å². The Morgan fingerprint density at radius 1 is 0.933 bits per heavy atom. The molecule has 0 spiro atoms. The monoisotopic (exact) mass is 447 g/mol. The molecule has 0 aromatic heterocycles. The molecular formula is C22H26ClN3O3S. The third-order valence-corrected chi connectivity index (χ3v) is 8.02. The summed E-state index contributed by atoms with van der Waals surface area (Å²) in [5, 5.41) is 0.483. The van der Waals surface area contributed by atoms with Gasteiger partial charge in [0.1, 0.15) is 6.04 Å². The molecule has 2 heterocycles. The Morgan fingerprint density at radius 2 is 1.60 bits per heavy atom. The molecule has 4 rings (SSSR count). The Kier molecular flexibility index (Phi) is 6.43. The molecule has 0 N–H and O–H groups in total. The first kappa shape index (κ1) is 21.3. The van der Waals surface area contributed by atoms with E-state index in [0.29, 0.717) is 37.5 Å². The van der Waals surface area contributed by atoms with Crippen LogP contribution in [-0.2, 0) is 21.4 Å². The minimum Gasteiger partial charge on any atom is -0.339 e. The van der Waals surface area contributed by atoms with Crippen LogP contribution in [0.2, 0.25) is 5.02 Å². The van der Waals surface area contributed by atoms with Crippen molar-refractivity contribution >= 4 is 27.5 Å². The number of carbonyl (C=O) groups is 1. The van der Waals surface area contributed by atoms with Crippen molar-refractivity contribution in [3.63, 3.8) is 0 Å². The number of halogens is 1. The van der Waals surface area contributed by atoms with E-state index in [-0.39, 0.29) is 10.8 Å². The zero-order valence-electron chi connectivity index (χ0n) is 16.8. The van der Waals surface area contributed by atoms with Gasteiger partial charge in [-0.1, -0.05) is 41.9 Å². The Bertz CT molecular complexity index is 974. The summed E-state index contributed by atoms with van der Waals surface area (Å²) in [7, 11) is -3.72. The minimum absolute atomic E-state index is 0.0793. The van der Waals surface area contributed by atoms with E-state index >= 15 is 0 Å². The topological polar surface area (TPSA) is 60.9 Å². The highest BCUT2D eigenvalue weighted by Gasteiger charge is 2.41. The normalized spacial score (nSPS) is 21.1. The van der Waals surface area contributed by atoms with Gasteiger partial charge in [-0.25, -0.2) is 8.42 Å². The third-order valence-electron chi connectivity index (χ3n) is 5.84. The molecule has 0 aliphatic carbocycles. The maximum absolute atomic E-state index is 13.2. The molecule has 6 nitrogen and oxygen atoms in total. The Hall–Kier alpha value is -1.93. The average molecular weight is 448 g/mol. The standard InChI is InChI=1S/C22H26ClN3O3S/c23-19-8-10-20(11-9-19)30(28,29)26-12-4-7-21(26)22(27)25-15-13-24(14-16-25)17-18-5-2-1-3-6-18/h1-3,5-6,8-11,21H,4,7,12-17H2/t21-/m0/s1. The number of sulfonamides is 1. The number of benzene rings is 2. The first-order chi connectivity index (χ1) is 14.4. The van der Waals surface area contributed by atoms with Crippen LogP contribution in [0.4, 0.5) is 0 Å². The maximum atomic E-state index is 13.2. The fourth-order valence-electron chi connectivity index (χ4n) is 4.20. The molecule has 0 radical (unpaired) electrons. The predicted molar refractivity (Wildman–Crippen MR) is 117 cm³/mol. The second kappa shape index (κ2) is 9.06. The zero-order valence-corrected chi connectivity index (χ0v) is 18.4. The van der Waals surface area contributed by atoms with Gasteiger partial charge in [0.2, 0.25) is 15.9 Å². The summed E-state index contributed by atoms with van der Waals surface area (Å²) in [5.74, 6) is -0.0793. The summed E-state index contributed by atoms with van der Waals surface area (Å²) in [6.45, 7) is 4.06. The van der Waals surface area contributed by atoms with Gasteiger partial charge < -0.3 is 4.90 Å². The minimum atomic E-state index is -3.72. The molecule has 8 heteroatoms. The van der Waals surface area contributed by atoms with Gasteiger partial charge in [0, 0.05) is 44.3 Å². The van der Waals surface area contributed by atoms with Crippen molar-refractivity contribution in [1.82, 2.24) is 14.1 Å². The lowest BCUT2D eigenvalue weighted by Crippen LogP contribution is -2.54. The molecular weight excluding hydrogens is 422 g/mol. The SMILES string of the molecule is O=C([C@@H]1CCCN1S(=O)(=O)c1ccc(Cl)cc1)N1CCN(Cc2ccccc2)CC1. The van der Waals surface area contributed by atoms with Crippen LogP contribution in [0.15, 0.2) is 59.5 Å². The molecule has 1 amide bonds. The van der Waals surface area contributed by atoms with Crippen molar-refractivity contribution < 1.29 is 13.2 Å². The van der Waals surface area contributed by atoms with E-state index in [1.807, 2.05) is 23.1 Å². The lowest BCUT2D eigenvalue weighted by Gasteiger charge is -2.37. The summed E-state index contributed by atoms with van der Waals surface area (Å²) in [6, 6.07) is 15.8. The second-order valence-corrected chi connectivity index (χ2v) is 10.1. The summed E-state index contributed by atoms with van der Waals surface area (Å²) >= 11 is 5.89. The van der Waals surface area contributed by atoms with Gasteiger partial charge in [-0.2, -0.15) is 4.31 Å². The summed E-state index contributed by atoms with van der Waals surface area (Å²) in [6.07, 6.45) is 1.26. The maximum Gasteiger partial charge on any atom is 0.243 e. The number of amides is 1. The Labute approximate surface area is 183 Å². The largest absolute Gasteiger partial charge is 0.339 e. The van der Waals surface area contributed by atoms with Crippen LogP contribution in [-0.4, -0.2) is 67.2 Å². The summed E-state index contributed by atoms with van der Waals surface area (Å²) < 4.78 is 27.6. The van der Waals surface area contributed by atoms with E-state index in [2.05, 4.69) is 17.0 Å². The van der Waals surface area contributed by atoms with Gasteiger partial charge in [0.05, 0.1) is 4.90 Å². The van der Waals surface area contributed by atoms with Gasteiger partial charge in [0.15, 0.2) is 0 Å². The number of carbonyl (C=O) groups excluding carboxylic acids is 1. The molecule has 2 aromatic carbocycles. The van der Waals surface area contributed by atoms with Crippen molar-refractivity contribution in [2.75, 3.05) is 32.7 Å². The molecule has 30 heavy (non-hydrogen) atoms. The van der Waals surface area contributed by atoms with E-state index in [9.17, 15) is 13.2 Å². The smallest absolute Gasteiger partial charge is 0.243 e. The molecule has 2 fully saturated rings. The zero-order chi connectivity index (χ0) is 21.1. The fraction of sp³-hybridized carbons (Fsp3) is 0.409. The van der Waals surface area contributed by atoms with Gasteiger partial charge in [-0.3, -0.25) is 9.69 Å². The van der Waals surface area contributed by atoms with Crippen molar-refractivity contribution in [2.45, 2.75) is 30.3 Å². The molecule has 2 aliphatic heterocycles. The van der Waals surface area contributed by atoms with Crippen LogP contribution in [0.5, 0.6) is 0 Å². The number of nitrogens with zero attached hydrogens (tertiary/aromatic N) is 3. The van der Waals surface area contributed by atoms with Crippen LogP contribution in [0, 0.1) is 0 Å². The molecule has 1 atom stereocenters. The quantitative estimate of drug-likeness (QED) is 0.707. The van der Waals surface area contributed by atoms with E-state index in [0.717, 1.165) is 19.6 Å². The molecule has 2 aliphatic rings. The highest BCUT2D eigenvalue weighted by atomic mass is 35.5. The van der Waals surface area contributed by atoms with Crippen LogP contribution in [0.1, 0.15) is 18.4 Å². The molecule has 0 bridgehead atoms. The van der Waals surface area contributed by atoms with Gasteiger partial charge in [-0.05, 0) is 42.7 Å². The lowest BCUT2D eigenvalue weighted by molar-refractivity contribution is -0.136. The van der Waals surface area contributed by atoms with Crippen molar-refractivity contribution in [3.8, 4) is 0 Å². The summed E-state index contributed by atoms with van der Waals surface area (Å²) in [4.78, 5) is 17.5. The van der Waals surface area contributed by atoms with Gasteiger partial charge >= 0.3 is 0 Å². The average Bonchev–Trinajstić information content (AvgIpc) is 3.26. The highest BCUT2D eigenvalue weighted by molar-refractivity contribution is 7.89. The van der Waals surface area contributed by atoms with Crippen LogP contribution < -0.4 is 0 Å². The Balaban J connectivity index is 1.40. The predicted octanol–water partition coefficient (Wildman–Crippen LogP) is 2.84. The van der Waals surface area contributed by atoms with Crippen molar-refractivity contribution in [3.05, 3.63) is 65.2 Å². The van der Waals surface area contributed by atoms with Crippen LogP contribution in [0.3, 0.4) is 0 Å². The van der Waals surface area contributed by atoms with E-state index in [1.165, 1.54) is 22.0 Å². The lowest BCUT2D eigenvalue weighted by atomic mass is 10.1. The second-order valence-electron chi connectivity index (χ2n) is 7.81. The van der Waals surface area contributed by atoms with E-state index in [4.69, 9.17) is 11.6 Å². The fourth-order valence-corrected chi connectivity index (χ4v) is 5.97. The third kappa shape index (κ3) is 4.54.